The van der Waals surface area contributed by atoms with Crippen LogP contribution in [0.5, 0.6) is 0 Å². The fraction of sp³-hybridized carbons (Fsp3) is 0.476. The molecular formula is C21H27ClN2O2S. The maximum atomic E-state index is 13.0. The van der Waals surface area contributed by atoms with Gasteiger partial charge in [0.25, 0.3) is 5.91 Å². The van der Waals surface area contributed by atoms with Crippen molar-refractivity contribution in [3.63, 3.8) is 0 Å². The van der Waals surface area contributed by atoms with Crippen LogP contribution in [0.2, 0.25) is 5.02 Å². The van der Waals surface area contributed by atoms with Crippen LogP contribution in [0.1, 0.15) is 55.5 Å². The van der Waals surface area contributed by atoms with E-state index < -0.39 is 0 Å². The minimum atomic E-state index is -0.178. The van der Waals surface area contributed by atoms with Crippen LogP contribution in [-0.2, 0) is 6.54 Å². The van der Waals surface area contributed by atoms with Gasteiger partial charge in [-0.2, -0.15) is 0 Å². The summed E-state index contributed by atoms with van der Waals surface area (Å²) in [6.07, 6.45) is 3.62. The summed E-state index contributed by atoms with van der Waals surface area (Å²) in [5.74, 6) is 0.0389. The molecule has 3 rings (SSSR count). The van der Waals surface area contributed by atoms with Gasteiger partial charge in [0.05, 0.1) is 11.1 Å². The molecular weight excluding hydrogens is 380 g/mol. The molecule has 0 fully saturated rings. The lowest BCUT2D eigenvalue weighted by Crippen LogP contribution is -2.37. The molecule has 1 amide bonds. The Labute approximate surface area is 170 Å². The number of nitrogens with one attached hydrogen (secondary N) is 1. The van der Waals surface area contributed by atoms with Crippen molar-refractivity contribution in [3.05, 3.63) is 57.2 Å². The van der Waals surface area contributed by atoms with Crippen LogP contribution in [0.4, 0.5) is 0 Å². The fourth-order valence-corrected chi connectivity index (χ4v) is 5.63. The molecule has 146 valence electrons. The van der Waals surface area contributed by atoms with E-state index in [-0.39, 0.29) is 34.9 Å². The third-order valence-electron chi connectivity index (χ3n) is 5.40. The molecule has 4 N–H and O–H groups in total. The summed E-state index contributed by atoms with van der Waals surface area (Å²) in [5, 5.41) is 13.4. The van der Waals surface area contributed by atoms with Crippen molar-refractivity contribution in [2.24, 2.45) is 17.1 Å². The third-order valence-corrected chi connectivity index (χ3v) is 7.09. The SMILES string of the molecule is C=C(O)CC1C2=C(CCC(C)(C)C2)SC1NC(=O)c1cc(Cl)ccc1CN. The summed E-state index contributed by atoms with van der Waals surface area (Å²) in [5.41, 5.74) is 8.67. The van der Waals surface area contributed by atoms with Gasteiger partial charge in [-0.15, -0.1) is 11.8 Å². The minimum Gasteiger partial charge on any atom is -0.513 e. The van der Waals surface area contributed by atoms with E-state index in [2.05, 4.69) is 25.7 Å². The van der Waals surface area contributed by atoms with Crippen LogP contribution in [0, 0.1) is 11.3 Å². The van der Waals surface area contributed by atoms with Gasteiger partial charge < -0.3 is 16.2 Å². The van der Waals surface area contributed by atoms with E-state index in [1.54, 1.807) is 30.0 Å². The van der Waals surface area contributed by atoms with E-state index in [9.17, 15) is 9.90 Å². The number of benzene rings is 1. The van der Waals surface area contributed by atoms with Crippen LogP contribution < -0.4 is 11.1 Å². The molecule has 0 saturated heterocycles. The number of carbonyl (C=O) groups is 1. The Morgan fingerprint density at radius 1 is 1.48 bits per heavy atom. The quantitative estimate of drug-likeness (QED) is 0.591. The first-order valence-corrected chi connectivity index (χ1v) is 10.5. The van der Waals surface area contributed by atoms with Crippen LogP contribution in [-0.4, -0.2) is 16.4 Å². The highest BCUT2D eigenvalue weighted by Gasteiger charge is 2.41. The Morgan fingerprint density at radius 2 is 2.22 bits per heavy atom. The topological polar surface area (TPSA) is 75.3 Å². The molecule has 4 nitrogen and oxygen atoms in total. The van der Waals surface area contributed by atoms with E-state index in [0.29, 0.717) is 17.0 Å². The summed E-state index contributed by atoms with van der Waals surface area (Å²) >= 11 is 7.80. The summed E-state index contributed by atoms with van der Waals surface area (Å²) < 4.78 is 0. The number of thioether (sulfide) groups is 1. The van der Waals surface area contributed by atoms with Gasteiger partial charge >= 0.3 is 0 Å². The number of hydrogen-bond acceptors (Lipinski definition) is 4. The van der Waals surface area contributed by atoms with Gasteiger partial charge in [0.1, 0.15) is 0 Å². The van der Waals surface area contributed by atoms with Gasteiger partial charge in [0.15, 0.2) is 0 Å². The molecule has 0 radical (unpaired) electrons. The van der Waals surface area contributed by atoms with Crippen LogP contribution in [0.25, 0.3) is 0 Å². The van der Waals surface area contributed by atoms with Crippen LogP contribution in [0.15, 0.2) is 41.0 Å². The Bertz CT molecular complexity index is 803. The first-order valence-electron chi connectivity index (χ1n) is 9.25. The standard InChI is InChI=1S/C21H27ClN2O2S/c1-12(25)8-16-17-10-21(2,3)7-6-18(17)27-20(16)24-19(26)15-9-14(22)5-4-13(15)11-23/h4-5,9,16,20,25H,1,6-8,10-11,23H2,2-3H3,(H,24,26). The van der Waals surface area contributed by atoms with Crippen molar-refractivity contribution in [2.75, 3.05) is 0 Å². The Morgan fingerprint density at radius 3 is 2.89 bits per heavy atom. The van der Waals surface area contributed by atoms with Gasteiger partial charge in [-0.3, -0.25) is 4.79 Å². The summed E-state index contributed by atoms with van der Waals surface area (Å²) in [6.45, 7) is 8.51. The lowest BCUT2D eigenvalue weighted by Gasteiger charge is -2.32. The number of rotatable bonds is 5. The van der Waals surface area contributed by atoms with Crippen molar-refractivity contribution >= 4 is 29.3 Å². The number of allylic oxidation sites excluding steroid dienone is 2. The molecule has 6 heteroatoms. The zero-order valence-corrected chi connectivity index (χ0v) is 17.4. The number of carbonyl (C=O) groups excluding carboxylic acids is 1. The summed E-state index contributed by atoms with van der Waals surface area (Å²) in [7, 11) is 0. The lowest BCUT2D eigenvalue weighted by molar-refractivity contribution is 0.0941. The number of amides is 1. The molecule has 1 aromatic carbocycles. The first-order chi connectivity index (χ1) is 12.7. The molecule has 0 spiro atoms. The van der Waals surface area contributed by atoms with Crippen LogP contribution >= 0.6 is 23.4 Å². The predicted molar refractivity (Wildman–Crippen MR) is 113 cm³/mol. The van der Waals surface area contributed by atoms with Crippen molar-refractivity contribution in [3.8, 4) is 0 Å². The molecule has 1 aromatic rings. The van der Waals surface area contributed by atoms with Gasteiger partial charge in [-0.1, -0.05) is 43.7 Å². The second-order valence-electron chi connectivity index (χ2n) is 8.18. The maximum Gasteiger partial charge on any atom is 0.252 e. The molecule has 0 aromatic heterocycles. The zero-order chi connectivity index (χ0) is 19.8. The number of hydrogen-bond donors (Lipinski definition) is 3. The van der Waals surface area contributed by atoms with Crippen LogP contribution in [0.3, 0.4) is 0 Å². The highest BCUT2D eigenvalue weighted by Crippen LogP contribution is 2.53. The summed E-state index contributed by atoms with van der Waals surface area (Å²) in [6, 6.07) is 5.19. The Hall–Kier alpha value is -1.43. The number of nitrogens with two attached hydrogens (primary N) is 1. The molecule has 2 atom stereocenters. The highest BCUT2D eigenvalue weighted by atomic mass is 35.5. The maximum absolute atomic E-state index is 13.0. The van der Waals surface area contributed by atoms with Crippen molar-refractivity contribution < 1.29 is 9.90 Å². The number of aliphatic hydroxyl groups excluding tert-OH is 1. The normalized spacial score (nSPS) is 23.9. The van der Waals surface area contributed by atoms with E-state index in [1.807, 2.05) is 0 Å². The minimum absolute atomic E-state index is 0.0616. The molecule has 0 bridgehead atoms. The monoisotopic (exact) mass is 406 g/mol. The van der Waals surface area contributed by atoms with Crippen molar-refractivity contribution in [1.82, 2.24) is 5.32 Å². The second-order valence-corrected chi connectivity index (χ2v) is 9.86. The molecule has 1 heterocycles. The third kappa shape index (κ3) is 4.53. The molecule has 1 aliphatic carbocycles. The fourth-order valence-electron chi connectivity index (χ4n) is 3.96. The average molecular weight is 407 g/mol. The molecule has 1 aliphatic heterocycles. The molecule has 2 unspecified atom stereocenters. The van der Waals surface area contributed by atoms with Crippen molar-refractivity contribution in [2.45, 2.75) is 51.4 Å². The summed E-state index contributed by atoms with van der Waals surface area (Å²) in [4.78, 5) is 14.3. The average Bonchev–Trinajstić information content (AvgIpc) is 2.90. The van der Waals surface area contributed by atoms with E-state index in [0.717, 1.165) is 24.8 Å². The van der Waals surface area contributed by atoms with Gasteiger partial charge in [-0.05, 0) is 47.3 Å². The Kier molecular flexibility index (Phi) is 5.94. The number of aliphatic hydroxyl groups is 1. The largest absolute Gasteiger partial charge is 0.513 e. The lowest BCUT2D eigenvalue weighted by atomic mass is 9.73. The number of halogens is 1. The smallest absolute Gasteiger partial charge is 0.252 e. The highest BCUT2D eigenvalue weighted by molar-refractivity contribution is 8.03. The molecule has 2 aliphatic rings. The van der Waals surface area contributed by atoms with Gasteiger partial charge in [0.2, 0.25) is 0 Å². The predicted octanol–water partition coefficient (Wildman–Crippen LogP) is 5.14. The zero-order valence-electron chi connectivity index (χ0n) is 15.8. The van der Waals surface area contributed by atoms with E-state index >= 15 is 0 Å². The van der Waals surface area contributed by atoms with Gasteiger partial charge in [0, 0.05) is 29.5 Å². The van der Waals surface area contributed by atoms with Crippen molar-refractivity contribution in [1.29, 1.82) is 0 Å². The van der Waals surface area contributed by atoms with E-state index in [1.165, 1.54) is 10.5 Å². The molecule has 27 heavy (non-hydrogen) atoms. The van der Waals surface area contributed by atoms with Gasteiger partial charge in [-0.25, -0.2) is 0 Å². The Balaban J connectivity index is 1.83. The molecule has 0 saturated carbocycles. The second kappa shape index (κ2) is 7.90. The first kappa shape index (κ1) is 20.3. The van der Waals surface area contributed by atoms with E-state index in [4.69, 9.17) is 17.3 Å².